The second kappa shape index (κ2) is 7.83. The van der Waals surface area contributed by atoms with Crippen LogP contribution in [0.2, 0.25) is 0 Å². The van der Waals surface area contributed by atoms with Crippen LogP contribution in [0, 0.1) is 0 Å². The summed E-state index contributed by atoms with van der Waals surface area (Å²) < 4.78 is 11.0. The molecule has 0 heterocycles. The smallest absolute Gasteiger partial charge is 0.192 e. The van der Waals surface area contributed by atoms with Gasteiger partial charge in [-0.25, -0.2) is 5.48 Å². The van der Waals surface area contributed by atoms with Crippen molar-refractivity contribution in [2.24, 2.45) is 0 Å². The van der Waals surface area contributed by atoms with Crippen LogP contribution in [0.5, 0.6) is 0 Å². The highest BCUT2D eigenvalue weighted by Crippen LogP contribution is 2.20. The highest BCUT2D eigenvalue weighted by molar-refractivity contribution is 5.91. The standard InChI is InChI=1S/C14H27NO5/c1-8-18-14(5,6)12(17)10(2)20-13(3,4)11(16)9-19-15-7/h10,15H,8-9H2,1-7H3. The van der Waals surface area contributed by atoms with E-state index in [0.717, 1.165) is 0 Å². The van der Waals surface area contributed by atoms with E-state index in [0.29, 0.717) is 6.61 Å². The van der Waals surface area contributed by atoms with Gasteiger partial charge in [0.15, 0.2) is 11.6 Å². The highest BCUT2D eigenvalue weighted by Gasteiger charge is 2.38. The maximum atomic E-state index is 12.3. The average molecular weight is 289 g/mol. The monoisotopic (exact) mass is 289 g/mol. The Morgan fingerprint density at radius 2 is 1.70 bits per heavy atom. The van der Waals surface area contributed by atoms with E-state index in [2.05, 4.69) is 5.48 Å². The van der Waals surface area contributed by atoms with E-state index in [-0.39, 0.29) is 18.2 Å². The lowest BCUT2D eigenvalue weighted by Crippen LogP contribution is -2.48. The Morgan fingerprint density at radius 3 is 2.15 bits per heavy atom. The number of hydroxylamine groups is 1. The summed E-state index contributed by atoms with van der Waals surface area (Å²) in [7, 11) is 1.57. The van der Waals surface area contributed by atoms with Gasteiger partial charge in [-0.1, -0.05) is 0 Å². The SMILES string of the molecule is CCOC(C)(C)C(=O)C(C)OC(C)(C)C(=O)CONC. The number of ketones is 2. The topological polar surface area (TPSA) is 73.9 Å². The maximum Gasteiger partial charge on any atom is 0.192 e. The molecule has 0 saturated heterocycles. The van der Waals surface area contributed by atoms with E-state index in [4.69, 9.17) is 14.3 Å². The summed E-state index contributed by atoms with van der Waals surface area (Å²) in [6, 6.07) is 0. The molecule has 6 nitrogen and oxygen atoms in total. The molecule has 118 valence electrons. The number of carbonyl (C=O) groups excluding carboxylic acids is 2. The van der Waals surface area contributed by atoms with Crippen LogP contribution in [-0.2, 0) is 23.9 Å². The van der Waals surface area contributed by atoms with E-state index >= 15 is 0 Å². The molecule has 1 N–H and O–H groups in total. The van der Waals surface area contributed by atoms with E-state index in [9.17, 15) is 9.59 Å². The molecule has 0 rings (SSSR count). The van der Waals surface area contributed by atoms with Gasteiger partial charge in [-0.2, -0.15) is 0 Å². The van der Waals surface area contributed by atoms with Gasteiger partial charge in [0, 0.05) is 13.7 Å². The number of ether oxygens (including phenoxy) is 2. The van der Waals surface area contributed by atoms with Crippen LogP contribution in [0.1, 0.15) is 41.5 Å². The number of hydrogen-bond donors (Lipinski definition) is 1. The second-order valence-electron chi connectivity index (χ2n) is 5.49. The molecule has 0 fully saturated rings. The third-order valence-corrected chi connectivity index (χ3v) is 2.96. The van der Waals surface area contributed by atoms with Crippen LogP contribution >= 0.6 is 0 Å². The van der Waals surface area contributed by atoms with E-state index in [1.807, 2.05) is 6.92 Å². The van der Waals surface area contributed by atoms with Gasteiger partial charge in [-0.05, 0) is 41.5 Å². The van der Waals surface area contributed by atoms with Crippen LogP contribution in [0.15, 0.2) is 0 Å². The van der Waals surface area contributed by atoms with Crippen molar-refractivity contribution >= 4 is 11.6 Å². The minimum absolute atomic E-state index is 0.126. The average Bonchev–Trinajstić information content (AvgIpc) is 2.34. The molecule has 0 aromatic carbocycles. The van der Waals surface area contributed by atoms with Gasteiger partial charge >= 0.3 is 0 Å². The first-order chi connectivity index (χ1) is 9.08. The van der Waals surface area contributed by atoms with Crippen molar-refractivity contribution < 1.29 is 23.9 Å². The van der Waals surface area contributed by atoms with Crippen molar-refractivity contribution in [3.8, 4) is 0 Å². The Kier molecular flexibility index (Phi) is 7.51. The minimum atomic E-state index is -1.10. The molecule has 1 unspecified atom stereocenters. The number of carbonyl (C=O) groups is 2. The van der Waals surface area contributed by atoms with Gasteiger partial charge in [-0.15, -0.1) is 0 Å². The van der Waals surface area contributed by atoms with Crippen molar-refractivity contribution in [1.82, 2.24) is 5.48 Å². The Hall–Kier alpha value is -0.820. The molecule has 0 aromatic rings. The molecule has 6 heteroatoms. The Balaban J connectivity index is 4.68. The molecule has 0 radical (unpaired) electrons. The van der Waals surface area contributed by atoms with Gasteiger partial charge in [0.2, 0.25) is 0 Å². The molecule has 0 amide bonds. The van der Waals surface area contributed by atoms with Crippen LogP contribution in [-0.4, -0.2) is 49.1 Å². The lowest BCUT2D eigenvalue weighted by atomic mass is 9.97. The second-order valence-corrected chi connectivity index (χ2v) is 5.49. The molecule has 0 saturated carbocycles. The fourth-order valence-electron chi connectivity index (χ4n) is 1.79. The van der Waals surface area contributed by atoms with Crippen molar-refractivity contribution in [2.45, 2.75) is 58.8 Å². The third kappa shape index (κ3) is 5.66. The molecular formula is C14H27NO5. The van der Waals surface area contributed by atoms with Crippen molar-refractivity contribution in [1.29, 1.82) is 0 Å². The predicted octanol–water partition coefficient (Wildman–Crippen LogP) is 1.27. The first kappa shape index (κ1) is 19.2. The Morgan fingerprint density at radius 1 is 1.15 bits per heavy atom. The number of Topliss-reactive ketones (excluding diaryl/α,β-unsaturated/α-hetero) is 2. The number of nitrogens with one attached hydrogen (secondary N) is 1. The Labute approximate surface area is 121 Å². The quantitative estimate of drug-likeness (QED) is 0.611. The molecule has 0 aliphatic carbocycles. The normalized spacial score (nSPS) is 14.2. The molecule has 0 aliphatic rings. The molecule has 0 aromatic heterocycles. The maximum absolute atomic E-state index is 12.3. The minimum Gasteiger partial charge on any atom is -0.368 e. The first-order valence-electron chi connectivity index (χ1n) is 6.76. The lowest BCUT2D eigenvalue weighted by molar-refractivity contribution is -0.168. The van der Waals surface area contributed by atoms with Crippen LogP contribution in [0.4, 0.5) is 0 Å². The van der Waals surface area contributed by atoms with Gasteiger partial charge in [0.1, 0.15) is 23.9 Å². The summed E-state index contributed by atoms with van der Waals surface area (Å²) in [6.45, 7) is 10.4. The number of rotatable bonds is 10. The summed E-state index contributed by atoms with van der Waals surface area (Å²) >= 11 is 0. The van der Waals surface area contributed by atoms with Crippen LogP contribution < -0.4 is 5.48 Å². The summed E-state index contributed by atoms with van der Waals surface area (Å²) in [5.41, 5.74) is 0.386. The van der Waals surface area contributed by atoms with E-state index in [1.165, 1.54) is 0 Å². The zero-order valence-electron chi connectivity index (χ0n) is 13.5. The molecule has 20 heavy (non-hydrogen) atoms. The molecular weight excluding hydrogens is 262 g/mol. The first-order valence-corrected chi connectivity index (χ1v) is 6.76. The van der Waals surface area contributed by atoms with Gasteiger partial charge in [0.05, 0.1) is 0 Å². The predicted molar refractivity (Wildman–Crippen MR) is 75.4 cm³/mol. The van der Waals surface area contributed by atoms with Crippen molar-refractivity contribution in [3.05, 3.63) is 0 Å². The lowest BCUT2D eigenvalue weighted by Gasteiger charge is -2.31. The zero-order valence-corrected chi connectivity index (χ0v) is 13.5. The van der Waals surface area contributed by atoms with Crippen molar-refractivity contribution in [2.75, 3.05) is 20.3 Å². The summed E-state index contributed by atoms with van der Waals surface area (Å²) in [4.78, 5) is 29.0. The number of hydrogen-bond acceptors (Lipinski definition) is 6. The summed E-state index contributed by atoms with van der Waals surface area (Å²) in [5, 5.41) is 0. The highest BCUT2D eigenvalue weighted by atomic mass is 16.6. The largest absolute Gasteiger partial charge is 0.368 e. The summed E-state index contributed by atoms with van der Waals surface area (Å²) in [6.07, 6.45) is -0.745. The van der Waals surface area contributed by atoms with Crippen molar-refractivity contribution in [3.63, 3.8) is 0 Å². The van der Waals surface area contributed by atoms with E-state index in [1.54, 1.807) is 41.7 Å². The third-order valence-electron chi connectivity index (χ3n) is 2.96. The zero-order chi connectivity index (χ0) is 16.0. The van der Waals surface area contributed by atoms with Crippen LogP contribution in [0.25, 0.3) is 0 Å². The van der Waals surface area contributed by atoms with Gasteiger partial charge in [-0.3, -0.25) is 14.4 Å². The molecule has 0 aliphatic heterocycles. The van der Waals surface area contributed by atoms with Crippen LogP contribution in [0.3, 0.4) is 0 Å². The Bertz CT molecular complexity index is 338. The fourth-order valence-corrected chi connectivity index (χ4v) is 1.79. The molecule has 0 spiro atoms. The van der Waals surface area contributed by atoms with E-state index < -0.39 is 17.3 Å². The summed E-state index contributed by atoms with van der Waals surface area (Å²) in [5.74, 6) is -0.449. The fraction of sp³-hybridized carbons (Fsp3) is 0.857. The molecule has 0 bridgehead atoms. The van der Waals surface area contributed by atoms with Gasteiger partial charge in [0.25, 0.3) is 0 Å². The molecule has 1 atom stereocenters. The van der Waals surface area contributed by atoms with Gasteiger partial charge < -0.3 is 9.47 Å².